The maximum absolute atomic E-state index is 13.6. The molecular formula is C22H23N5O3. The molecule has 1 saturated heterocycles. The van der Waals surface area contributed by atoms with Gasteiger partial charge in [-0.05, 0) is 37.8 Å². The normalized spacial score (nSPS) is 20.1. The van der Waals surface area contributed by atoms with Crippen molar-refractivity contribution in [3.8, 4) is 11.5 Å². The lowest BCUT2D eigenvalue weighted by molar-refractivity contribution is 0.0973. The fourth-order valence-corrected chi connectivity index (χ4v) is 4.88. The van der Waals surface area contributed by atoms with Crippen molar-refractivity contribution in [2.45, 2.75) is 57.1 Å². The maximum atomic E-state index is 13.6. The Hall–Kier alpha value is -3.00. The van der Waals surface area contributed by atoms with Gasteiger partial charge in [0, 0.05) is 12.5 Å². The Bertz CT molecular complexity index is 1280. The smallest absolute Gasteiger partial charge is 0.277 e. The molecule has 8 heteroatoms. The van der Waals surface area contributed by atoms with Gasteiger partial charge in [0.2, 0.25) is 11.7 Å². The van der Waals surface area contributed by atoms with Crippen molar-refractivity contribution in [3.63, 3.8) is 0 Å². The fourth-order valence-electron chi connectivity index (χ4n) is 4.88. The highest BCUT2D eigenvalue weighted by Gasteiger charge is 2.26. The molecule has 0 N–H and O–H groups in total. The van der Waals surface area contributed by atoms with Crippen molar-refractivity contribution in [1.29, 1.82) is 0 Å². The maximum Gasteiger partial charge on any atom is 0.277 e. The number of hydrogen-bond donors (Lipinski definition) is 0. The molecule has 0 bridgehead atoms. The molecule has 0 amide bonds. The first-order valence-corrected chi connectivity index (χ1v) is 10.7. The number of fused-ring (bicyclic) bond motifs is 3. The lowest BCUT2D eigenvalue weighted by Crippen LogP contribution is -2.28. The van der Waals surface area contributed by atoms with Gasteiger partial charge < -0.3 is 13.8 Å². The average Bonchev–Trinajstić information content (AvgIpc) is 3.55. The molecule has 30 heavy (non-hydrogen) atoms. The minimum absolute atomic E-state index is 0.0547. The summed E-state index contributed by atoms with van der Waals surface area (Å²) in [4.78, 5) is 22.7. The van der Waals surface area contributed by atoms with Crippen LogP contribution in [0.4, 0.5) is 0 Å². The molecule has 0 radical (unpaired) electrons. The third kappa shape index (κ3) is 2.78. The lowest BCUT2D eigenvalue weighted by Gasteiger charge is -2.16. The number of para-hydroxylation sites is 2. The molecular weight excluding hydrogens is 382 g/mol. The van der Waals surface area contributed by atoms with Gasteiger partial charge in [0.25, 0.3) is 5.56 Å². The van der Waals surface area contributed by atoms with Crippen LogP contribution in [0.15, 0.2) is 39.9 Å². The Balaban J connectivity index is 1.53. The summed E-state index contributed by atoms with van der Waals surface area (Å²) in [5.41, 5.74) is 2.63. The molecule has 4 aromatic rings. The van der Waals surface area contributed by atoms with Crippen LogP contribution in [0.3, 0.4) is 0 Å². The zero-order chi connectivity index (χ0) is 20.1. The van der Waals surface area contributed by atoms with Gasteiger partial charge in [-0.25, -0.2) is 4.98 Å². The molecule has 1 atom stereocenters. The van der Waals surface area contributed by atoms with E-state index < -0.39 is 0 Å². The van der Waals surface area contributed by atoms with Crippen molar-refractivity contribution in [2.75, 3.05) is 6.61 Å². The fraction of sp³-hybridized carbons (Fsp3) is 0.455. The van der Waals surface area contributed by atoms with E-state index in [1.54, 1.807) is 6.33 Å². The van der Waals surface area contributed by atoms with Crippen LogP contribution in [0.25, 0.3) is 28.1 Å². The molecule has 154 valence electrons. The van der Waals surface area contributed by atoms with Crippen molar-refractivity contribution < 1.29 is 9.26 Å². The van der Waals surface area contributed by atoms with Gasteiger partial charge in [0.15, 0.2) is 0 Å². The van der Waals surface area contributed by atoms with E-state index in [0.717, 1.165) is 43.3 Å². The molecule has 1 aromatic carbocycles. The highest BCUT2D eigenvalue weighted by Crippen LogP contribution is 2.34. The number of aromatic nitrogens is 5. The summed E-state index contributed by atoms with van der Waals surface area (Å²) in [7, 11) is 0. The Morgan fingerprint density at radius 3 is 2.70 bits per heavy atom. The molecule has 1 aliphatic heterocycles. The molecule has 1 aliphatic carbocycles. The van der Waals surface area contributed by atoms with Crippen LogP contribution >= 0.6 is 0 Å². The highest BCUT2D eigenvalue weighted by molar-refractivity contribution is 5.83. The predicted octanol–water partition coefficient (Wildman–Crippen LogP) is 3.54. The van der Waals surface area contributed by atoms with Crippen LogP contribution in [0, 0.1) is 0 Å². The molecule has 1 saturated carbocycles. The summed E-state index contributed by atoms with van der Waals surface area (Å²) >= 11 is 0. The second-order valence-corrected chi connectivity index (χ2v) is 8.29. The number of benzene rings is 1. The van der Waals surface area contributed by atoms with E-state index in [0.29, 0.717) is 35.4 Å². The molecule has 4 heterocycles. The van der Waals surface area contributed by atoms with Crippen LogP contribution in [0.1, 0.15) is 50.3 Å². The second-order valence-electron chi connectivity index (χ2n) is 8.29. The van der Waals surface area contributed by atoms with Crippen molar-refractivity contribution >= 4 is 16.6 Å². The molecule has 2 fully saturated rings. The van der Waals surface area contributed by atoms with E-state index in [9.17, 15) is 4.79 Å². The molecule has 1 unspecified atom stereocenters. The largest absolute Gasteiger partial charge is 0.376 e. The van der Waals surface area contributed by atoms with Crippen molar-refractivity contribution in [1.82, 2.24) is 24.1 Å². The topological polar surface area (TPSA) is 87.5 Å². The van der Waals surface area contributed by atoms with Crippen molar-refractivity contribution in [2.24, 2.45) is 0 Å². The lowest BCUT2D eigenvalue weighted by atomic mass is 10.1. The van der Waals surface area contributed by atoms with Gasteiger partial charge >= 0.3 is 0 Å². The zero-order valence-electron chi connectivity index (χ0n) is 16.7. The van der Waals surface area contributed by atoms with Crippen LogP contribution in [0.5, 0.6) is 0 Å². The molecule has 8 nitrogen and oxygen atoms in total. The third-order valence-electron chi connectivity index (χ3n) is 6.42. The first kappa shape index (κ1) is 17.8. The Labute approximate surface area is 172 Å². The Morgan fingerprint density at radius 2 is 1.90 bits per heavy atom. The Morgan fingerprint density at radius 1 is 1.07 bits per heavy atom. The molecule has 6 rings (SSSR count). The van der Waals surface area contributed by atoms with Gasteiger partial charge in [-0.2, -0.15) is 4.98 Å². The van der Waals surface area contributed by atoms with E-state index in [1.165, 1.54) is 12.8 Å². The van der Waals surface area contributed by atoms with E-state index in [-0.39, 0.29) is 11.7 Å². The first-order chi connectivity index (χ1) is 14.8. The summed E-state index contributed by atoms with van der Waals surface area (Å²) in [6.07, 6.45) is 8.26. The summed E-state index contributed by atoms with van der Waals surface area (Å²) in [5, 5.41) is 4.17. The summed E-state index contributed by atoms with van der Waals surface area (Å²) in [5.74, 6) is 1.36. The van der Waals surface area contributed by atoms with Gasteiger partial charge in [-0.1, -0.05) is 30.1 Å². The SMILES string of the molecule is O=c1c2c(-c3noc(C4CCCC4)n3)ncn2c2ccccc2n1CC1CCCO1. The van der Waals surface area contributed by atoms with Crippen LogP contribution in [0.2, 0.25) is 0 Å². The number of rotatable bonds is 4. The molecule has 0 spiro atoms. The van der Waals surface area contributed by atoms with Crippen LogP contribution < -0.4 is 5.56 Å². The average molecular weight is 405 g/mol. The van der Waals surface area contributed by atoms with E-state index in [2.05, 4.69) is 15.1 Å². The predicted molar refractivity (Wildman–Crippen MR) is 110 cm³/mol. The monoisotopic (exact) mass is 405 g/mol. The van der Waals surface area contributed by atoms with Gasteiger partial charge in [-0.15, -0.1) is 0 Å². The third-order valence-corrected chi connectivity index (χ3v) is 6.42. The number of nitrogens with zero attached hydrogens (tertiary/aromatic N) is 5. The second kappa shape index (κ2) is 7.05. The Kier molecular flexibility index (Phi) is 4.19. The standard InChI is InChI=1S/C22H23N5O3/c28-22-19-18(20-24-21(30-25-20)14-6-1-2-7-14)23-13-27(19)17-10-4-3-9-16(17)26(22)12-15-8-5-11-29-15/h3-4,9-10,13-15H,1-2,5-8,11-12H2. The summed E-state index contributed by atoms with van der Waals surface area (Å²) in [6, 6.07) is 7.89. The molecule has 2 aliphatic rings. The highest BCUT2D eigenvalue weighted by atomic mass is 16.5. The molecule has 3 aromatic heterocycles. The summed E-state index contributed by atoms with van der Waals surface area (Å²) < 4.78 is 15.0. The van der Waals surface area contributed by atoms with E-state index >= 15 is 0 Å². The van der Waals surface area contributed by atoms with Crippen LogP contribution in [-0.4, -0.2) is 36.8 Å². The number of ether oxygens (including phenoxy) is 1. The number of imidazole rings is 1. The van der Waals surface area contributed by atoms with E-state index in [1.807, 2.05) is 33.2 Å². The van der Waals surface area contributed by atoms with Gasteiger partial charge in [0.05, 0.1) is 23.7 Å². The van der Waals surface area contributed by atoms with E-state index in [4.69, 9.17) is 9.26 Å². The van der Waals surface area contributed by atoms with Gasteiger partial charge in [-0.3, -0.25) is 9.20 Å². The zero-order valence-corrected chi connectivity index (χ0v) is 16.7. The first-order valence-electron chi connectivity index (χ1n) is 10.7. The minimum atomic E-state index is -0.107. The van der Waals surface area contributed by atoms with Gasteiger partial charge in [0.1, 0.15) is 17.5 Å². The quantitative estimate of drug-likeness (QED) is 0.516. The number of hydrogen-bond acceptors (Lipinski definition) is 6. The van der Waals surface area contributed by atoms with Crippen molar-refractivity contribution in [3.05, 3.63) is 46.8 Å². The summed E-state index contributed by atoms with van der Waals surface area (Å²) in [6.45, 7) is 1.28. The van der Waals surface area contributed by atoms with Crippen LogP contribution in [-0.2, 0) is 11.3 Å². The minimum Gasteiger partial charge on any atom is -0.376 e.